The number of hydrogen-bond donors (Lipinski definition) is 0. The third kappa shape index (κ3) is 2.37. The first kappa shape index (κ1) is 14.0. The van der Waals surface area contributed by atoms with Gasteiger partial charge >= 0.3 is 0 Å². The topological polar surface area (TPSA) is 62.5 Å². The van der Waals surface area contributed by atoms with Gasteiger partial charge in [-0.05, 0) is 25.1 Å². The van der Waals surface area contributed by atoms with Gasteiger partial charge in [-0.15, -0.1) is 0 Å². The van der Waals surface area contributed by atoms with Crippen molar-refractivity contribution in [1.29, 1.82) is 5.26 Å². The van der Waals surface area contributed by atoms with Crippen LogP contribution in [-0.2, 0) is 6.42 Å². The first-order valence-electron chi connectivity index (χ1n) is 6.54. The summed E-state index contributed by atoms with van der Waals surface area (Å²) in [7, 11) is 0. The van der Waals surface area contributed by atoms with Gasteiger partial charge in [-0.1, -0.05) is 0 Å². The van der Waals surface area contributed by atoms with E-state index in [2.05, 4.69) is 15.0 Å². The van der Waals surface area contributed by atoms with Gasteiger partial charge in [0.05, 0.1) is 29.4 Å². The number of halogens is 2. The van der Waals surface area contributed by atoms with Crippen LogP contribution in [0.3, 0.4) is 0 Å². The van der Waals surface area contributed by atoms with Gasteiger partial charge < -0.3 is 0 Å². The van der Waals surface area contributed by atoms with Crippen LogP contribution in [0, 0.1) is 29.9 Å². The molecule has 0 spiro atoms. The van der Waals surface area contributed by atoms with Crippen LogP contribution in [0.5, 0.6) is 0 Å². The molecule has 3 aromatic rings. The molecule has 6 heteroatoms. The molecule has 0 unspecified atom stereocenters. The smallest absolute Gasteiger partial charge is 0.135 e. The largest absolute Gasteiger partial charge is 0.254 e. The third-order valence-electron chi connectivity index (χ3n) is 3.29. The average molecular weight is 296 g/mol. The van der Waals surface area contributed by atoms with E-state index in [9.17, 15) is 8.78 Å². The number of nitrogens with zero attached hydrogens (tertiary/aromatic N) is 4. The number of fused-ring (bicyclic) bond motifs is 1. The first-order chi connectivity index (χ1) is 10.6. The monoisotopic (exact) mass is 296 g/mol. The van der Waals surface area contributed by atoms with Crippen LogP contribution in [0.15, 0.2) is 30.5 Å². The van der Waals surface area contributed by atoms with Crippen LogP contribution >= 0.6 is 0 Å². The highest BCUT2D eigenvalue weighted by Gasteiger charge is 2.14. The van der Waals surface area contributed by atoms with E-state index < -0.39 is 11.6 Å². The fourth-order valence-electron chi connectivity index (χ4n) is 2.23. The minimum atomic E-state index is -0.718. The molecular formula is C16H10F2N4. The lowest BCUT2D eigenvalue weighted by molar-refractivity contribution is 0.585. The minimum absolute atomic E-state index is 0.106. The molecule has 2 heterocycles. The van der Waals surface area contributed by atoms with Crippen molar-refractivity contribution >= 4 is 11.0 Å². The Hall–Kier alpha value is -2.94. The van der Waals surface area contributed by atoms with Crippen molar-refractivity contribution in [3.05, 3.63) is 53.5 Å². The zero-order valence-electron chi connectivity index (χ0n) is 11.6. The molecule has 1 aromatic carbocycles. The molecule has 22 heavy (non-hydrogen) atoms. The molecule has 0 aliphatic rings. The summed E-state index contributed by atoms with van der Waals surface area (Å²) in [5.41, 5.74) is 2.53. The van der Waals surface area contributed by atoms with Crippen molar-refractivity contribution < 1.29 is 8.78 Å². The zero-order valence-corrected chi connectivity index (χ0v) is 11.6. The fraction of sp³-hybridized carbons (Fsp3) is 0.125. The summed E-state index contributed by atoms with van der Waals surface area (Å²) >= 11 is 0. The SMILES string of the molecule is Cc1nc2ccnc(-c3ccc(F)cc3F)c2nc1CC#N. The first-order valence-corrected chi connectivity index (χ1v) is 6.54. The third-order valence-corrected chi connectivity index (χ3v) is 3.29. The summed E-state index contributed by atoms with van der Waals surface area (Å²) in [6.07, 6.45) is 1.60. The van der Waals surface area contributed by atoms with Gasteiger partial charge in [0.15, 0.2) is 0 Å². The van der Waals surface area contributed by atoms with Gasteiger partial charge in [-0.3, -0.25) is 4.98 Å². The summed E-state index contributed by atoms with van der Waals surface area (Å²) in [5, 5.41) is 8.84. The zero-order chi connectivity index (χ0) is 15.7. The summed E-state index contributed by atoms with van der Waals surface area (Å²) < 4.78 is 27.1. The lowest BCUT2D eigenvalue weighted by atomic mass is 10.1. The van der Waals surface area contributed by atoms with Crippen molar-refractivity contribution in [2.24, 2.45) is 0 Å². The second-order valence-corrected chi connectivity index (χ2v) is 4.74. The van der Waals surface area contributed by atoms with E-state index in [0.717, 1.165) is 12.1 Å². The Kier molecular flexibility index (Phi) is 3.47. The average Bonchev–Trinajstić information content (AvgIpc) is 2.48. The lowest BCUT2D eigenvalue weighted by Gasteiger charge is -2.08. The highest BCUT2D eigenvalue weighted by Crippen LogP contribution is 2.27. The number of aryl methyl sites for hydroxylation is 1. The molecule has 0 bridgehead atoms. The molecule has 0 saturated carbocycles. The van der Waals surface area contributed by atoms with Crippen molar-refractivity contribution in [2.75, 3.05) is 0 Å². The molecule has 0 N–H and O–H groups in total. The van der Waals surface area contributed by atoms with Crippen molar-refractivity contribution in [3.8, 4) is 17.3 Å². The molecule has 0 amide bonds. The predicted octanol–water partition coefficient (Wildman–Crippen LogP) is 3.34. The Morgan fingerprint density at radius 2 is 2.00 bits per heavy atom. The maximum absolute atomic E-state index is 14.0. The Labute approximate surface area is 125 Å². The van der Waals surface area contributed by atoms with Crippen molar-refractivity contribution in [1.82, 2.24) is 15.0 Å². The molecule has 108 valence electrons. The van der Waals surface area contributed by atoms with Gasteiger partial charge in [0.2, 0.25) is 0 Å². The quantitative estimate of drug-likeness (QED) is 0.727. The Balaban J connectivity index is 2.30. The molecule has 0 aliphatic heterocycles. The van der Waals surface area contributed by atoms with E-state index >= 15 is 0 Å². The maximum atomic E-state index is 14.0. The highest BCUT2D eigenvalue weighted by molar-refractivity contribution is 5.89. The van der Waals surface area contributed by atoms with Gasteiger partial charge in [0.1, 0.15) is 22.8 Å². The van der Waals surface area contributed by atoms with E-state index in [1.165, 1.54) is 12.3 Å². The van der Waals surface area contributed by atoms with Gasteiger partial charge in [0, 0.05) is 17.8 Å². The van der Waals surface area contributed by atoms with Crippen LogP contribution in [0.4, 0.5) is 8.78 Å². The molecule has 2 aromatic heterocycles. The number of aromatic nitrogens is 3. The van der Waals surface area contributed by atoms with E-state index in [-0.39, 0.29) is 17.7 Å². The van der Waals surface area contributed by atoms with Crippen molar-refractivity contribution in [2.45, 2.75) is 13.3 Å². The van der Waals surface area contributed by atoms with Crippen LogP contribution in [-0.4, -0.2) is 15.0 Å². The van der Waals surface area contributed by atoms with Crippen LogP contribution < -0.4 is 0 Å². The highest BCUT2D eigenvalue weighted by atomic mass is 19.1. The van der Waals surface area contributed by atoms with E-state index in [0.29, 0.717) is 22.4 Å². The molecule has 0 radical (unpaired) electrons. The Bertz CT molecular complexity index is 916. The summed E-state index contributed by atoms with van der Waals surface area (Å²) in [4.78, 5) is 12.9. The van der Waals surface area contributed by atoms with E-state index in [4.69, 9.17) is 5.26 Å². The Morgan fingerprint density at radius 1 is 1.18 bits per heavy atom. The van der Waals surface area contributed by atoms with Gasteiger partial charge in [0.25, 0.3) is 0 Å². The molecule has 0 fully saturated rings. The standard InChI is InChI=1S/C16H10F2N4/c1-9-13(4-6-19)22-16-14(21-9)5-7-20-15(16)11-3-2-10(17)8-12(11)18/h2-3,5,7-8H,4H2,1H3. The normalized spacial score (nSPS) is 10.6. The van der Waals surface area contributed by atoms with Crippen molar-refractivity contribution in [3.63, 3.8) is 0 Å². The molecular weight excluding hydrogens is 286 g/mol. The summed E-state index contributed by atoms with van der Waals surface area (Å²) in [6, 6.07) is 6.96. The number of benzene rings is 1. The van der Waals surface area contributed by atoms with Crippen LogP contribution in [0.2, 0.25) is 0 Å². The van der Waals surface area contributed by atoms with E-state index in [1.54, 1.807) is 13.0 Å². The fourth-order valence-corrected chi connectivity index (χ4v) is 2.23. The predicted molar refractivity (Wildman–Crippen MR) is 76.7 cm³/mol. The van der Waals surface area contributed by atoms with Crippen LogP contribution in [0.1, 0.15) is 11.4 Å². The number of nitriles is 1. The summed E-state index contributed by atoms with van der Waals surface area (Å²) in [5.74, 6) is -1.38. The molecule has 3 rings (SSSR count). The number of rotatable bonds is 2. The van der Waals surface area contributed by atoms with Gasteiger partial charge in [-0.25, -0.2) is 18.7 Å². The van der Waals surface area contributed by atoms with Gasteiger partial charge in [-0.2, -0.15) is 5.26 Å². The molecule has 0 aliphatic carbocycles. The van der Waals surface area contributed by atoms with E-state index in [1.807, 2.05) is 6.07 Å². The Morgan fingerprint density at radius 3 is 2.73 bits per heavy atom. The maximum Gasteiger partial charge on any atom is 0.135 e. The molecule has 4 nitrogen and oxygen atoms in total. The number of hydrogen-bond acceptors (Lipinski definition) is 4. The van der Waals surface area contributed by atoms with Crippen LogP contribution in [0.25, 0.3) is 22.3 Å². The lowest BCUT2D eigenvalue weighted by Crippen LogP contribution is -2.00. The summed E-state index contributed by atoms with van der Waals surface area (Å²) in [6.45, 7) is 1.76. The number of pyridine rings is 1. The second-order valence-electron chi connectivity index (χ2n) is 4.74. The molecule has 0 atom stereocenters. The minimum Gasteiger partial charge on any atom is -0.254 e. The molecule has 0 saturated heterocycles. The second kappa shape index (κ2) is 5.45.